The molecule has 1 amide bonds. The first-order valence-corrected chi connectivity index (χ1v) is 9.53. The number of carbonyl (C=O) groups excluding carboxylic acids is 1. The number of aryl methyl sites for hydroxylation is 1. The predicted octanol–water partition coefficient (Wildman–Crippen LogP) is 4.06. The number of rotatable bonds is 6. The van der Waals surface area contributed by atoms with Crippen LogP contribution in [0.3, 0.4) is 0 Å². The van der Waals surface area contributed by atoms with Crippen LogP contribution in [-0.4, -0.2) is 27.8 Å². The second-order valence-electron chi connectivity index (χ2n) is 6.61. The van der Waals surface area contributed by atoms with Gasteiger partial charge in [-0.15, -0.1) is 0 Å². The van der Waals surface area contributed by atoms with E-state index in [1.165, 1.54) is 0 Å². The Hall–Kier alpha value is -3.67. The van der Waals surface area contributed by atoms with Crippen LogP contribution in [0, 0.1) is 0 Å². The number of hydrogen-bond acceptors (Lipinski definition) is 4. The molecule has 0 fully saturated rings. The molecule has 1 N–H and O–H groups in total. The van der Waals surface area contributed by atoms with E-state index in [0.717, 1.165) is 28.0 Å². The van der Waals surface area contributed by atoms with Gasteiger partial charge in [0.25, 0.3) is 5.91 Å². The van der Waals surface area contributed by atoms with Crippen LogP contribution in [-0.2, 0) is 13.1 Å². The molecule has 2 aromatic heterocycles. The number of nitrogens with zero attached hydrogens (tertiary/aromatic N) is 3. The highest BCUT2D eigenvalue weighted by atomic mass is 16.5. The Morgan fingerprint density at radius 2 is 1.86 bits per heavy atom. The number of hydrogen-bond donors (Lipinski definition) is 1. The van der Waals surface area contributed by atoms with E-state index in [2.05, 4.69) is 10.4 Å². The van der Waals surface area contributed by atoms with Crippen LogP contribution in [0.5, 0.6) is 5.75 Å². The number of fused-ring (bicyclic) bond motifs is 1. The quantitative estimate of drug-likeness (QED) is 0.543. The van der Waals surface area contributed by atoms with Crippen molar-refractivity contribution < 1.29 is 9.53 Å². The predicted molar refractivity (Wildman–Crippen MR) is 113 cm³/mol. The van der Waals surface area contributed by atoms with Gasteiger partial charge in [0, 0.05) is 24.2 Å². The summed E-state index contributed by atoms with van der Waals surface area (Å²) < 4.78 is 7.18. The summed E-state index contributed by atoms with van der Waals surface area (Å²) in [6.45, 7) is 3.05. The fourth-order valence-corrected chi connectivity index (χ4v) is 3.34. The van der Waals surface area contributed by atoms with E-state index < -0.39 is 0 Å². The molecule has 0 saturated carbocycles. The van der Waals surface area contributed by atoms with E-state index in [-0.39, 0.29) is 5.91 Å². The molecule has 0 atom stereocenters. The van der Waals surface area contributed by atoms with Gasteiger partial charge >= 0.3 is 0 Å². The number of amides is 1. The van der Waals surface area contributed by atoms with Crippen molar-refractivity contribution in [3.63, 3.8) is 0 Å². The lowest BCUT2D eigenvalue weighted by Crippen LogP contribution is -2.23. The fourth-order valence-electron chi connectivity index (χ4n) is 3.34. The Morgan fingerprint density at radius 3 is 2.62 bits per heavy atom. The van der Waals surface area contributed by atoms with Crippen molar-refractivity contribution in [1.29, 1.82) is 0 Å². The van der Waals surface area contributed by atoms with Crippen LogP contribution in [0.1, 0.15) is 22.8 Å². The average molecular weight is 386 g/mol. The summed E-state index contributed by atoms with van der Waals surface area (Å²) in [7, 11) is 1.62. The molecular weight excluding hydrogens is 364 g/mol. The van der Waals surface area contributed by atoms with Crippen molar-refractivity contribution in [2.75, 3.05) is 7.11 Å². The summed E-state index contributed by atoms with van der Waals surface area (Å²) >= 11 is 0. The molecule has 4 aromatic rings. The molecule has 0 aliphatic carbocycles. The van der Waals surface area contributed by atoms with Gasteiger partial charge in [0.1, 0.15) is 5.75 Å². The van der Waals surface area contributed by atoms with E-state index in [9.17, 15) is 4.79 Å². The Kier molecular flexibility index (Phi) is 5.24. The van der Waals surface area contributed by atoms with Crippen molar-refractivity contribution in [1.82, 2.24) is 20.1 Å². The monoisotopic (exact) mass is 386 g/mol. The van der Waals surface area contributed by atoms with Crippen LogP contribution in [0.2, 0.25) is 0 Å². The molecule has 2 aromatic carbocycles. The van der Waals surface area contributed by atoms with Crippen molar-refractivity contribution in [2.45, 2.75) is 20.0 Å². The zero-order valence-electron chi connectivity index (χ0n) is 16.4. The van der Waals surface area contributed by atoms with Crippen LogP contribution in [0.15, 0.2) is 66.9 Å². The SMILES string of the molecule is CCn1ncc2c(C(=O)NCc3ccccc3OC)cc(-c3ccccc3)nc21. The van der Waals surface area contributed by atoms with Gasteiger partial charge in [-0.1, -0.05) is 48.5 Å². The minimum absolute atomic E-state index is 0.170. The molecule has 146 valence electrons. The molecule has 6 nitrogen and oxygen atoms in total. The van der Waals surface area contributed by atoms with Gasteiger partial charge in [0.2, 0.25) is 0 Å². The molecule has 6 heteroatoms. The summed E-state index contributed by atoms with van der Waals surface area (Å²) in [5.74, 6) is 0.576. The highest BCUT2D eigenvalue weighted by Gasteiger charge is 2.17. The van der Waals surface area contributed by atoms with Gasteiger partial charge in [-0.25, -0.2) is 9.67 Å². The minimum atomic E-state index is -0.170. The molecule has 0 radical (unpaired) electrons. The van der Waals surface area contributed by atoms with Crippen LogP contribution < -0.4 is 10.1 Å². The highest BCUT2D eigenvalue weighted by molar-refractivity contribution is 6.06. The molecule has 2 heterocycles. The zero-order valence-corrected chi connectivity index (χ0v) is 16.4. The van der Waals surface area contributed by atoms with E-state index >= 15 is 0 Å². The third kappa shape index (κ3) is 3.69. The first-order chi connectivity index (χ1) is 14.2. The Labute approximate surface area is 169 Å². The number of ether oxygens (including phenoxy) is 1. The maximum Gasteiger partial charge on any atom is 0.252 e. The van der Waals surface area contributed by atoms with Gasteiger partial charge in [-0.2, -0.15) is 5.10 Å². The molecule has 0 spiro atoms. The Bertz CT molecular complexity index is 1150. The maximum atomic E-state index is 13.1. The second-order valence-corrected chi connectivity index (χ2v) is 6.61. The Morgan fingerprint density at radius 1 is 1.10 bits per heavy atom. The van der Waals surface area contributed by atoms with E-state index in [1.54, 1.807) is 18.0 Å². The second kappa shape index (κ2) is 8.14. The standard InChI is InChI=1S/C23H22N4O2/c1-3-27-22-19(15-25-27)18(13-20(26-22)16-9-5-4-6-10-16)23(28)24-14-17-11-7-8-12-21(17)29-2/h4-13,15H,3,14H2,1-2H3,(H,24,28). The molecule has 0 aliphatic rings. The number of nitrogens with one attached hydrogen (secondary N) is 1. The maximum absolute atomic E-state index is 13.1. The third-order valence-corrected chi connectivity index (χ3v) is 4.85. The topological polar surface area (TPSA) is 69.0 Å². The molecule has 0 saturated heterocycles. The molecule has 29 heavy (non-hydrogen) atoms. The minimum Gasteiger partial charge on any atom is -0.496 e. The summed E-state index contributed by atoms with van der Waals surface area (Å²) in [6, 6.07) is 19.3. The summed E-state index contributed by atoms with van der Waals surface area (Å²) in [5, 5.41) is 8.14. The fraction of sp³-hybridized carbons (Fsp3) is 0.174. The summed E-state index contributed by atoms with van der Waals surface area (Å²) in [5.41, 5.74) is 3.88. The van der Waals surface area contributed by atoms with Gasteiger partial charge in [0.15, 0.2) is 5.65 Å². The number of methoxy groups -OCH3 is 1. The lowest BCUT2D eigenvalue weighted by molar-refractivity contribution is 0.0952. The zero-order chi connectivity index (χ0) is 20.2. The van der Waals surface area contributed by atoms with Gasteiger partial charge in [-0.05, 0) is 19.1 Å². The first-order valence-electron chi connectivity index (χ1n) is 9.53. The number of aromatic nitrogens is 3. The smallest absolute Gasteiger partial charge is 0.252 e. The lowest BCUT2D eigenvalue weighted by Gasteiger charge is -2.11. The average Bonchev–Trinajstić information content (AvgIpc) is 3.20. The van der Waals surface area contributed by atoms with E-state index in [1.807, 2.05) is 67.6 Å². The molecule has 0 aliphatic heterocycles. The van der Waals surface area contributed by atoms with Crippen molar-refractivity contribution >= 4 is 16.9 Å². The number of carbonyl (C=O) groups is 1. The van der Waals surface area contributed by atoms with Gasteiger partial charge in [0.05, 0.1) is 30.0 Å². The lowest BCUT2D eigenvalue weighted by atomic mass is 10.1. The summed E-state index contributed by atoms with van der Waals surface area (Å²) in [6.07, 6.45) is 1.71. The number of benzene rings is 2. The normalized spacial score (nSPS) is 10.8. The van der Waals surface area contributed by atoms with Gasteiger partial charge in [-0.3, -0.25) is 4.79 Å². The van der Waals surface area contributed by atoms with Crippen molar-refractivity contribution in [3.8, 4) is 17.0 Å². The van der Waals surface area contributed by atoms with Crippen LogP contribution in [0.25, 0.3) is 22.3 Å². The molecular formula is C23H22N4O2. The van der Waals surface area contributed by atoms with Crippen molar-refractivity contribution in [2.24, 2.45) is 0 Å². The van der Waals surface area contributed by atoms with Crippen molar-refractivity contribution in [3.05, 3.63) is 78.0 Å². The Balaban J connectivity index is 1.72. The van der Waals surface area contributed by atoms with Gasteiger partial charge < -0.3 is 10.1 Å². The van der Waals surface area contributed by atoms with Crippen LogP contribution in [0.4, 0.5) is 0 Å². The van der Waals surface area contributed by atoms with E-state index in [0.29, 0.717) is 24.3 Å². The largest absolute Gasteiger partial charge is 0.496 e. The molecule has 4 rings (SSSR count). The van der Waals surface area contributed by atoms with Crippen LogP contribution >= 0.6 is 0 Å². The highest BCUT2D eigenvalue weighted by Crippen LogP contribution is 2.25. The third-order valence-electron chi connectivity index (χ3n) is 4.85. The van der Waals surface area contributed by atoms with E-state index in [4.69, 9.17) is 9.72 Å². The number of para-hydroxylation sites is 1. The number of pyridine rings is 1. The molecule has 0 unspecified atom stereocenters. The summed E-state index contributed by atoms with van der Waals surface area (Å²) in [4.78, 5) is 17.9. The molecule has 0 bridgehead atoms. The first kappa shape index (κ1) is 18.7.